The number of aromatic nitrogens is 2. The van der Waals surface area contributed by atoms with E-state index in [1.54, 1.807) is 0 Å². The van der Waals surface area contributed by atoms with Crippen molar-refractivity contribution in [1.29, 1.82) is 0 Å². The molecule has 2 rings (SSSR count). The standard InChI is InChI=1S/C10H17N3S/c1-14-8-2-6-13-7-5-11-10(13)12-9-3-4-9/h5,7,9H,2-4,6,8H2,1H3,(H,11,12). The van der Waals surface area contributed by atoms with Crippen molar-refractivity contribution in [2.45, 2.75) is 31.8 Å². The second-order valence-corrected chi connectivity index (χ2v) is 4.69. The van der Waals surface area contributed by atoms with Gasteiger partial charge in [-0.05, 0) is 31.3 Å². The number of hydrogen-bond donors (Lipinski definition) is 1. The van der Waals surface area contributed by atoms with Gasteiger partial charge in [-0.1, -0.05) is 0 Å². The average Bonchev–Trinajstić information content (AvgIpc) is 2.88. The van der Waals surface area contributed by atoms with Crippen LogP contribution >= 0.6 is 11.8 Å². The second kappa shape index (κ2) is 4.73. The molecule has 0 bridgehead atoms. The molecule has 1 saturated carbocycles. The first kappa shape index (κ1) is 9.90. The molecule has 1 aliphatic carbocycles. The molecule has 0 radical (unpaired) electrons. The van der Waals surface area contributed by atoms with E-state index >= 15 is 0 Å². The molecule has 0 atom stereocenters. The minimum atomic E-state index is 0.691. The molecule has 14 heavy (non-hydrogen) atoms. The Morgan fingerprint density at radius 3 is 3.21 bits per heavy atom. The van der Waals surface area contributed by atoms with Crippen molar-refractivity contribution >= 4 is 17.7 Å². The van der Waals surface area contributed by atoms with E-state index in [2.05, 4.69) is 27.3 Å². The van der Waals surface area contributed by atoms with Gasteiger partial charge in [-0.2, -0.15) is 11.8 Å². The minimum absolute atomic E-state index is 0.691. The fourth-order valence-electron chi connectivity index (χ4n) is 1.42. The van der Waals surface area contributed by atoms with Gasteiger partial charge in [0.25, 0.3) is 0 Å². The number of thioether (sulfide) groups is 1. The Morgan fingerprint density at radius 1 is 1.64 bits per heavy atom. The molecule has 1 N–H and O–H groups in total. The van der Waals surface area contributed by atoms with Crippen molar-refractivity contribution in [3.8, 4) is 0 Å². The van der Waals surface area contributed by atoms with Crippen molar-refractivity contribution in [1.82, 2.24) is 9.55 Å². The summed E-state index contributed by atoms with van der Waals surface area (Å²) in [5.41, 5.74) is 0. The first-order valence-electron chi connectivity index (χ1n) is 5.17. The Bertz CT molecular complexity index is 281. The maximum Gasteiger partial charge on any atom is 0.202 e. The molecule has 0 aliphatic heterocycles. The number of aryl methyl sites for hydroxylation is 1. The summed E-state index contributed by atoms with van der Waals surface area (Å²) in [6.45, 7) is 1.08. The third kappa shape index (κ3) is 2.67. The van der Waals surface area contributed by atoms with Gasteiger partial charge in [-0.25, -0.2) is 4.98 Å². The summed E-state index contributed by atoms with van der Waals surface area (Å²) in [7, 11) is 0. The molecule has 0 saturated heterocycles. The van der Waals surface area contributed by atoms with Crippen molar-refractivity contribution < 1.29 is 0 Å². The number of anilines is 1. The van der Waals surface area contributed by atoms with E-state index in [0.29, 0.717) is 6.04 Å². The van der Waals surface area contributed by atoms with Crippen molar-refractivity contribution in [3.63, 3.8) is 0 Å². The number of hydrogen-bond acceptors (Lipinski definition) is 3. The third-order valence-electron chi connectivity index (χ3n) is 2.37. The molecule has 0 unspecified atom stereocenters. The highest BCUT2D eigenvalue weighted by molar-refractivity contribution is 7.98. The Hall–Kier alpha value is -0.640. The average molecular weight is 211 g/mol. The van der Waals surface area contributed by atoms with Crippen LogP contribution in [-0.4, -0.2) is 27.6 Å². The zero-order valence-corrected chi connectivity index (χ0v) is 9.39. The lowest BCUT2D eigenvalue weighted by atomic mass is 10.5. The molecule has 0 amide bonds. The van der Waals surface area contributed by atoms with Crippen LogP contribution in [-0.2, 0) is 6.54 Å². The fourth-order valence-corrected chi connectivity index (χ4v) is 1.84. The highest BCUT2D eigenvalue weighted by Gasteiger charge is 2.22. The van der Waals surface area contributed by atoms with Crippen molar-refractivity contribution in [2.24, 2.45) is 0 Å². The number of rotatable bonds is 6. The summed E-state index contributed by atoms with van der Waals surface area (Å²) >= 11 is 1.90. The SMILES string of the molecule is CSCCCn1ccnc1NC1CC1. The molecular formula is C10H17N3S. The van der Waals surface area contributed by atoms with Crippen molar-refractivity contribution in [3.05, 3.63) is 12.4 Å². The van der Waals surface area contributed by atoms with Gasteiger partial charge < -0.3 is 9.88 Å². The predicted octanol–water partition coefficient (Wildman–Crippen LogP) is 2.21. The normalized spacial score (nSPS) is 15.8. The summed E-state index contributed by atoms with van der Waals surface area (Å²) < 4.78 is 2.22. The lowest BCUT2D eigenvalue weighted by Crippen LogP contribution is -2.09. The maximum atomic E-state index is 4.32. The summed E-state index contributed by atoms with van der Waals surface area (Å²) in [6.07, 6.45) is 9.92. The Balaban J connectivity index is 1.84. The van der Waals surface area contributed by atoms with Gasteiger partial charge in [0.15, 0.2) is 0 Å². The van der Waals surface area contributed by atoms with Gasteiger partial charge in [0, 0.05) is 25.0 Å². The molecule has 3 nitrogen and oxygen atoms in total. The van der Waals surface area contributed by atoms with Crippen LogP contribution in [0.5, 0.6) is 0 Å². The van der Waals surface area contributed by atoms with Gasteiger partial charge in [-0.15, -0.1) is 0 Å². The largest absolute Gasteiger partial charge is 0.353 e. The summed E-state index contributed by atoms with van der Waals surface area (Å²) in [5.74, 6) is 2.27. The van der Waals surface area contributed by atoms with Crippen LogP contribution in [0, 0.1) is 0 Å². The van der Waals surface area contributed by atoms with Crippen LogP contribution in [0.2, 0.25) is 0 Å². The lowest BCUT2D eigenvalue weighted by Gasteiger charge is -2.08. The van der Waals surface area contributed by atoms with E-state index in [4.69, 9.17) is 0 Å². The van der Waals surface area contributed by atoms with Gasteiger partial charge in [-0.3, -0.25) is 0 Å². The van der Waals surface area contributed by atoms with Crippen LogP contribution in [0.1, 0.15) is 19.3 Å². The van der Waals surface area contributed by atoms with Crippen molar-refractivity contribution in [2.75, 3.05) is 17.3 Å². The number of nitrogens with one attached hydrogen (secondary N) is 1. The van der Waals surface area contributed by atoms with Crippen LogP contribution < -0.4 is 5.32 Å². The number of imidazole rings is 1. The quantitative estimate of drug-likeness (QED) is 0.732. The molecule has 1 fully saturated rings. The fraction of sp³-hybridized carbons (Fsp3) is 0.700. The zero-order chi connectivity index (χ0) is 9.80. The smallest absolute Gasteiger partial charge is 0.202 e. The Labute approximate surface area is 89.3 Å². The van der Waals surface area contributed by atoms with Crippen LogP contribution in [0.3, 0.4) is 0 Å². The van der Waals surface area contributed by atoms with Gasteiger partial charge in [0.1, 0.15) is 0 Å². The van der Waals surface area contributed by atoms with Crippen LogP contribution in [0.4, 0.5) is 5.95 Å². The van der Waals surface area contributed by atoms with Crippen LogP contribution in [0.25, 0.3) is 0 Å². The van der Waals surface area contributed by atoms with E-state index in [0.717, 1.165) is 12.5 Å². The zero-order valence-electron chi connectivity index (χ0n) is 8.57. The molecule has 1 aromatic rings. The highest BCUT2D eigenvalue weighted by atomic mass is 32.2. The molecule has 0 spiro atoms. The predicted molar refractivity (Wildman–Crippen MR) is 61.9 cm³/mol. The third-order valence-corrected chi connectivity index (χ3v) is 3.07. The Kier molecular flexibility index (Phi) is 3.35. The van der Waals surface area contributed by atoms with E-state index in [9.17, 15) is 0 Å². The first-order valence-corrected chi connectivity index (χ1v) is 6.56. The molecule has 4 heteroatoms. The summed E-state index contributed by atoms with van der Waals surface area (Å²) in [6, 6.07) is 0.691. The van der Waals surface area contributed by atoms with E-state index in [-0.39, 0.29) is 0 Å². The number of nitrogens with zero attached hydrogens (tertiary/aromatic N) is 2. The van der Waals surface area contributed by atoms with Crippen LogP contribution in [0.15, 0.2) is 12.4 Å². The minimum Gasteiger partial charge on any atom is -0.353 e. The summed E-state index contributed by atoms with van der Waals surface area (Å²) in [5, 5.41) is 3.44. The lowest BCUT2D eigenvalue weighted by molar-refractivity contribution is 0.687. The van der Waals surface area contributed by atoms with E-state index in [1.165, 1.54) is 25.0 Å². The van der Waals surface area contributed by atoms with Gasteiger partial charge in [0.05, 0.1) is 0 Å². The molecule has 78 valence electrons. The Morgan fingerprint density at radius 2 is 2.50 bits per heavy atom. The maximum absolute atomic E-state index is 4.32. The molecule has 0 aromatic carbocycles. The molecule has 1 aromatic heterocycles. The van der Waals surface area contributed by atoms with Gasteiger partial charge in [0.2, 0.25) is 5.95 Å². The second-order valence-electron chi connectivity index (χ2n) is 3.71. The summed E-state index contributed by atoms with van der Waals surface area (Å²) in [4.78, 5) is 4.32. The van der Waals surface area contributed by atoms with E-state index in [1.807, 2.05) is 18.0 Å². The highest BCUT2D eigenvalue weighted by Crippen LogP contribution is 2.23. The molecular weight excluding hydrogens is 194 g/mol. The monoisotopic (exact) mass is 211 g/mol. The molecule has 1 heterocycles. The van der Waals surface area contributed by atoms with Gasteiger partial charge >= 0.3 is 0 Å². The molecule has 1 aliphatic rings. The first-order chi connectivity index (χ1) is 6.90. The van der Waals surface area contributed by atoms with E-state index < -0.39 is 0 Å². The topological polar surface area (TPSA) is 29.9 Å².